The number of unbranched alkanes of at least 4 members (excludes halogenated alkanes) is 3. The average Bonchev–Trinajstić information content (AvgIpc) is 2.79. The van der Waals surface area contributed by atoms with Crippen molar-refractivity contribution >= 4 is 11.9 Å². The molecular formula is C33H63N7. The second-order valence-electron chi connectivity index (χ2n) is 15.5. The third-order valence-corrected chi connectivity index (χ3v) is 8.65. The summed E-state index contributed by atoms with van der Waals surface area (Å²) in [6, 6.07) is 0.792. The minimum absolute atomic E-state index is 0.0667. The van der Waals surface area contributed by atoms with Crippen molar-refractivity contribution < 1.29 is 0 Å². The molecule has 0 saturated carbocycles. The molecule has 2 saturated heterocycles. The lowest BCUT2D eigenvalue weighted by molar-refractivity contribution is 0.157. The normalized spacial score (nSPS) is 22.3. The molecule has 0 unspecified atom stereocenters. The van der Waals surface area contributed by atoms with Crippen molar-refractivity contribution in [1.82, 2.24) is 25.6 Å². The van der Waals surface area contributed by atoms with Gasteiger partial charge in [-0.1, -0.05) is 40.0 Å². The van der Waals surface area contributed by atoms with Crippen LogP contribution in [0.25, 0.3) is 0 Å². The van der Waals surface area contributed by atoms with Gasteiger partial charge in [0.1, 0.15) is 5.82 Å². The Labute approximate surface area is 247 Å². The molecule has 40 heavy (non-hydrogen) atoms. The predicted octanol–water partition coefficient (Wildman–Crippen LogP) is 7.05. The number of anilines is 2. The highest BCUT2D eigenvalue weighted by Gasteiger charge is 2.42. The third kappa shape index (κ3) is 9.27. The summed E-state index contributed by atoms with van der Waals surface area (Å²) in [4.78, 5) is 20.9. The maximum absolute atomic E-state index is 5.38. The molecule has 0 bridgehead atoms. The van der Waals surface area contributed by atoms with Gasteiger partial charge in [0.25, 0.3) is 0 Å². The van der Waals surface area contributed by atoms with Crippen LogP contribution in [0.1, 0.15) is 146 Å². The first-order valence-electron chi connectivity index (χ1n) is 16.5. The molecule has 0 aliphatic carbocycles. The monoisotopic (exact) mass is 558 g/mol. The molecule has 0 spiro atoms. The first kappa shape index (κ1) is 33.0. The second-order valence-corrected chi connectivity index (χ2v) is 15.5. The van der Waals surface area contributed by atoms with E-state index in [1.54, 1.807) is 0 Å². The van der Waals surface area contributed by atoms with Crippen LogP contribution in [0.15, 0.2) is 0 Å². The summed E-state index contributed by atoms with van der Waals surface area (Å²) in [6.07, 6.45) is 12.1. The molecule has 2 N–H and O–H groups in total. The largest absolute Gasteiger partial charge is 0.338 e. The van der Waals surface area contributed by atoms with Crippen molar-refractivity contribution in [2.45, 2.75) is 181 Å². The number of hydrogen-bond acceptors (Lipinski definition) is 7. The SMILES string of the molecule is CCCCc1nc(N(CCCC)C2CC(C)(C)NC(C)(C)C2)nc(N(CCCC)C2CC(C)(C)NC(C)(C)C2)n1. The zero-order chi connectivity index (χ0) is 29.8. The van der Waals surface area contributed by atoms with Crippen LogP contribution >= 0.6 is 0 Å². The van der Waals surface area contributed by atoms with Crippen LogP contribution in [0.3, 0.4) is 0 Å². The molecule has 3 rings (SSSR count). The Morgan fingerprint density at radius 2 is 0.925 bits per heavy atom. The van der Waals surface area contributed by atoms with Crippen molar-refractivity contribution in [3.05, 3.63) is 5.82 Å². The fourth-order valence-corrected chi connectivity index (χ4v) is 7.63. The Bertz CT molecular complexity index is 838. The van der Waals surface area contributed by atoms with Gasteiger partial charge in [-0.2, -0.15) is 15.0 Å². The van der Waals surface area contributed by atoms with E-state index in [1.165, 1.54) is 0 Å². The Balaban J connectivity index is 2.09. The van der Waals surface area contributed by atoms with Gasteiger partial charge in [-0.3, -0.25) is 0 Å². The maximum atomic E-state index is 5.38. The van der Waals surface area contributed by atoms with E-state index in [9.17, 15) is 0 Å². The lowest BCUT2D eigenvalue weighted by atomic mass is 9.79. The first-order valence-corrected chi connectivity index (χ1v) is 16.5. The smallest absolute Gasteiger partial charge is 0.230 e. The number of piperidine rings is 2. The zero-order valence-corrected chi connectivity index (χ0v) is 28.1. The van der Waals surface area contributed by atoms with Crippen molar-refractivity contribution in [2.24, 2.45) is 0 Å². The molecule has 0 atom stereocenters. The van der Waals surface area contributed by atoms with E-state index < -0.39 is 0 Å². The van der Waals surface area contributed by atoms with Gasteiger partial charge < -0.3 is 20.4 Å². The summed E-state index contributed by atoms with van der Waals surface area (Å²) in [6.45, 7) is 27.6. The van der Waals surface area contributed by atoms with Crippen LogP contribution in [-0.4, -0.2) is 62.3 Å². The van der Waals surface area contributed by atoms with Crippen molar-refractivity contribution in [1.29, 1.82) is 0 Å². The van der Waals surface area contributed by atoms with Gasteiger partial charge in [-0.15, -0.1) is 0 Å². The van der Waals surface area contributed by atoms with E-state index in [2.05, 4.69) is 96.6 Å². The Hall–Kier alpha value is -1.47. The molecule has 2 aliphatic heterocycles. The molecule has 0 aromatic carbocycles. The van der Waals surface area contributed by atoms with E-state index in [0.717, 1.165) is 101 Å². The summed E-state index contributed by atoms with van der Waals surface area (Å²) in [7, 11) is 0. The van der Waals surface area contributed by atoms with E-state index in [4.69, 9.17) is 15.0 Å². The average molecular weight is 558 g/mol. The molecule has 1 aromatic rings. The van der Waals surface area contributed by atoms with Crippen LogP contribution in [0.4, 0.5) is 11.9 Å². The van der Waals surface area contributed by atoms with Crippen molar-refractivity contribution in [3.63, 3.8) is 0 Å². The number of rotatable bonds is 13. The van der Waals surface area contributed by atoms with Gasteiger partial charge >= 0.3 is 0 Å². The molecule has 2 fully saturated rings. The predicted molar refractivity (Wildman–Crippen MR) is 172 cm³/mol. The Kier molecular flexibility index (Phi) is 10.9. The summed E-state index contributed by atoms with van der Waals surface area (Å²) in [5.41, 5.74) is 0.267. The fraction of sp³-hybridized carbons (Fsp3) is 0.909. The quantitative estimate of drug-likeness (QED) is 0.269. The van der Waals surface area contributed by atoms with Gasteiger partial charge in [0, 0.05) is 53.7 Å². The number of nitrogens with one attached hydrogen (secondary N) is 2. The summed E-state index contributed by atoms with van der Waals surface area (Å²) in [5.74, 6) is 2.76. The van der Waals surface area contributed by atoms with Crippen LogP contribution in [0.2, 0.25) is 0 Å². The maximum Gasteiger partial charge on any atom is 0.230 e. The molecule has 1 aromatic heterocycles. The lowest BCUT2D eigenvalue weighted by Crippen LogP contribution is -2.63. The summed E-state index contributed by atoms with van der Waals surface area (Å²) < 4.78 is 0. The number of aryl methyl sites for hydroxylation is 1. The van der Waals surface area contributed by atoms with Gasteiger partial charge in [-0.25, -0.2) is 0 Å². The molecule has 230 valence electrons. The topological polar surface area (TPSA) is 69.2 Å². The highest BCUT2D eigenvalue weighted by molar-refractivity contribution is 5.42. The minimum Gasteiger partial charge on any atom is -0.338 e. The molecule has 0 radical (unpaired) electrons. The highest BCUT2D eigenvalue weighted by Crippen LogP contribution is 2.36. The molecule has 3 heterocycles. The molecule has 7 heteroatoms. The first-order chi connectivity index (χ1) is 18.6. The second kappa shape index (κ2) is 13.2. The number of nitrogens with zero attached hydrogens (tertiary/aromatic N) is 5. The van der Waals surface area contributed by atoms with Gasteiger partial charge in [0.15, 0.2) is 0 Å². The van der Waals surface area contributed by atoms with Gasteiger partial charge in [0.2, 0.25) is 11.9 Å². The number of hydrogen-bond donors (Lipinski definition) is 2. The van der Waals surface area contributed by atoms with Crippen LogP contribution in [0, 0.1) is 0 Å². The highest BCUT2D eigenvalue weighted by atomic mass is 15.4. The van der Waals surface area contributed by atoms with Crippen molar-refractivity contribution in [2.75, 3.05) is 22.9 Å². The Morgan fingerprint density at radius 3 is 1.25 bits per heavy atom. The minimum atomic E-state index is 0.0667. The van der Waals surface area contributed by atoms with Gasteiger partial charge in [0.05, 0.1) is 0 Å². The van der Waals surface area contributed by atoms with E-state index in [-0.39, 0.29) is 22.2 Å². The lowest BCUT2D eigenvalue weighted by Gasteiger charge is -2.50. The van der Waals surface area contributed by atoms with E-state index in [0.29, 0.717) is 12.1 Å². The molecule has 2 aliphatic rings. The fourth-order valence-electron chi connectivity index (χ4n) is 7.63. The Morgan fingerprint density at radius 1 is 0.575 bits per heavy atom. The summed E-state index contributed by atoms with van der Waals surface area (Å²) in [5, 5.41) is 7.76. The van der Waals surface area contributed by atoms with Crippen LogP contribution in [0.5, 0.6) is 0 Å². The molecule has 7 nitrogen and oxygen atoms in total. The molecule has 0 amide bonds. The van der Waals surface area contributed by atoms with E-state index >= 15 is 0 Å². The molecular weight excluding hydrogens is 494 g/mol. The summed E-state index contributed by atoms with van der Waals surface area (Å²) >= 11 is 0. The number of aromatic nitrogens is 3. The van der Waals surface area contributed by atoms with Crippen molar-refractivity contribution in [3.8, 4) is 0 Å². The zero-order valence-electron chi connectivity index (χ0n) is 28.1. The standard InChI is InChI=1S/C33H63N7/c1-12-15-18-27-34-28(39(19-16-13-2)25-21-30(4,5)37-31(6,7)22-25)36-29(35-27)40(20-17-14-3)26-23-32(8,9)38-33(10,11)24-26/h25-26,37-38H,12-24H2,1-11H3. The van der Waals surface area contributed by atoms with Crippen LogP contribution < -0.4 is 20.4 Å². The third-order valence-electron chi connectivity index (χ3n) is 8.65. The van der Waals surface area contributed by atoms with E-state index in [1.807, 2.05) is 0 Å². The van der Waals surface area contributed by atoms with Crippen LogP contribution in [-0.2, 0) is 6.42 Å². The van der Waals surface area contributed by atoms with Gasteiger partial charge in [-0.05, 0) is 100 Å².